The fourth-order valence-electron chi connectivity index (χ4n) is 2.42. The van der Waals surface area contributed by atoms with Crippen molar-refractivity contribution in [2.75, 3.05) is 19.0 Å². The molecule has 0 aliphatic heterocycles. The number of aliphatic carboxylic acids is 1. The van der Waals surface area contributed by atoms with Crippen LogP contribution in [0.4, 0.5) is 5.95 Å². The number of rotatable bonds is 8. The summed E-state index contributed by atoms with van der Waals surface area (Å²) in [7, 11) is 1.59. The molecule has 7 nitrogen and oxygen atoms in total. The molecule has 1 heterocycles. The molecule has 0 saturated heterocycles. The van der Waals surface area contributed by atoms with Crippen LogP contribution in [0.2, 0.25) is 0 Å². The maximum absolute atomic E-state index is 10.8. The van der Waals surface area contributed by atoms with Crippen LogP contribution in [0, 0.1) is 0 Å². The fraction of sp³-hybridized carbons (Fsp3) is 0.150. The van der Waals surface area contributed by atoms with E-state index in [2.05, 4.69) is 15.3 Å². The maximum Gasteiger partial charge on any atom is 0.341 e. The van der Waals surface area contributed by atoms with E-state index in [-0.39, 0.29) is 5.88 Å². The average molecular weight is 365 g/mol. The molecule has 138 valence electrons. The predicted molar refractivity (Wildman–Crippen MR) is 101 cm³/mol. The lowest BCUT2D eigenvalue weighted by Crippen LogP contribution is -2.12. The Labute approximate surface area is 156 Å². The second-order valence-electron chi connectivity index (χ2n) is 5.67. The average Bonchev–Trinajstić information content (AvgIpc) is 2.71. The first kappa shape index (κ1) is 18.2. The molecule has 0 aliphatic rings. The highest BCUT2D eigenvalue weighted by atomic mass is 16.5. The van der Waals surface area contributed by atoms with Gasteiger partial charge < -0.3 is 19.9 Å². The van der Waals surface area contributed by atoms with E-state index in [1.165, 1.54) is 0 Å². The van der Waals surface area contributed by atoms with Crippen molar-refractivity contribution in [1.29, 1.82) is 0 Å². The first-order valence-electron chi connectivity index (χ1n) is 8.30. The summed E-state index contributed by atoms with van der Waals surface area (Å²) in [6.45, 7) is 0.0491. The van der Waals surface area contributed by atoms with Crippen LogP contribution in [-0.4, -0.2) is 34.8 Å². The third kappa shape index (κ3) is 5.18. The highest BCUT2D eigenvalue weighted by Gasteiger charge is 2.10. The van der Waals surface area contributed by atoms with Gasteiger partial charge in [-0.1, -0.05) is 42.5 Å². The Kier molecular flexibility index (Phi) is 5.84. The highest BCUT2D eigenvalue weighted by molar-refractivity contribution is 5.68. The van der Waals surface area contributed by atoms with Crippen LogP contribution in [0.25, 0.3) is 11.3 Å². The van der Waals surface area contributed by atoms with Gasteiger partial charge in [0.2, 0.25) is 11.8 Å². The van der Waals surface area contributed by atoms with Crippen LogP contribution in [0.3, 0.4) is 0 Å². The molecule has 3 aromatic rings. The number of methoxy groups -OCH3 is 1. The van der Waals surface area contributed by atoms with Gasteiger partial charge in [-0.15, -0.1) is 0 Å². The number of hydrogen-bond acceptors (Lipinski definition) is 6. The molecule has 0 radical (unpaired) electrons. The van der Waals surface area contributed by atoms with E-state index in [0.29, 0.717) is 23.9 Å². The van der Waals surface area contributed by atoms with E-state index < -0.39 is 12.6 Å². The minimum atomic E-state index is -1.07. The monoisotopic (exact) mass is 365 g/mol. The summed E-state index contributed by atoms with van der Waals surface area (Å²) < 4.78 is 10.5. The number of nitrogens with zero attached hydrogens (tertiary/aromatic N) is 2. The summed E-state index contributed by atoms with van der Waals surface area (Å²) >= 11 is 0. The molecule has 0 amide bonds. The van der Waals surface area contributed by atoms with E-state index in [1.54, 1.807) is 13.2 Å². The standard InChI is InChI=1S/C20H19N3O4/c1-26-16-9-5-8-15(10-16)17-11-18(27-13-19(24)25)23-20(22-17)21-12-14-6-3-2-4-7-14/h2-11H,12-13H2,1H3,(H,24,25)(H,21,22,23). The van der Waals surface area contributed by atoms with E-state index in [1.807, 2.05) is 54.6 Å². The number of carboxylic acid groups (broad SMARTS) is 1. The van der Waals surface area contributed by atoms with Gasteiger partial charge in [0.05, 0.1) is 12.8 Å². The quantitative estimate of drug-likeness (QED) is 0.633. The number of carboxylic acids is 1. The zero-order valence-electron chi connectivity index (χ0n) is 14.8. The third-order valence-corrected chi connectivity index (χ3v) is 3.71. The summed E-state index contributed by atoms with van der Waals surface area (Å²) in [6.07, 6.45) is 0. The van der Waals surface area contributed by atoms with Crippen LogP contribution >= 0.6 is 0 Å². The zero-order valence-corrected chi connectivity index (χ0v) is 14.8. The lowest BCUT2D eigenvalue weighted by Gasteiger charge is -2.11. The second kappa shape index (κ2) is 8.66. The number of benzene rings is 2. The Balaban J connectivity index is 1.88. The lowest BCUT2D eigenvalue weighted by molar-refractivity contribution is -0.139. The van der Waals surface area contributed by atoms with Crippen molar-refractivity contribution < 1.29 is 19.4 Å². The molecule has 0 aliphatic carbocycles. The van der Waals surface area contributed by atoms with Crippen LogP contribution in [0.1, 0.15) is 5.56 Å². The van der Waals surface area contributed by atoms with E-state index >= 15 is 0 Å². The molecule has 2 aromatic carbocycles. The molecular weight excluding hydrogens is 346 g/mol. The van der Waals surface area contributed by atoms with Crippen molar-refractivity contribution >= 4 is 11.9 Å². The minimum absolute atomic E-state index is 0.181. The topological polar surface area (TPSA) is 93.6 Å². The lowest BCUT2D eigenvalue weighted by atomic mass is 10.1. The summed E-state index contributed by atoms with van der Waals surface area (Å²) in [5.41, 5.74) is 2.47. The van der Waals surface area contributed by atoms with Crippen molar-refractivity contribution in [3.63, 3.8) is 0 Å². The van der Waals surface area contributed by atoms with Gasteiger partial charge in [-0.25, -0.2) is 9.78 Å². The van der Waals surface area contributed by atoms with Gasteiger partial charge in [0, 0.05) is 18.2 Å². The molecule has 0 fully saturated rings. The van der Waals surface area contributed by atoms with Crippen molar-refractivity contribution in [1.82, 2.24) is 9.97 Å². The molecule has 2 N–H and O–H groups in total. The Morgan fingerprint density at radius 1 is 1.07 bits per heavy atom. The van der Waals surface area contributed by atoms with Crippen LogP contribution in [-0.2, 0) is 11.3 Å². The highest BCUT2D eigenvalue weighted by Crippen LogP contribution is 2.26. The summed E-state index contributed by atoms with van der Waals surface area (Å²) in [6, 6.07) is 18.8. The van der Waals surface area contributed by atoms with E-state index in [0.717, 1.165) is 11.1 Å². The Hall–Kier alpha value is -3.61. The van der Waals surface area contributed by atoms with Crippen molar-refractivity contribution in [3.05, 3.63) is 66.2 Å². The van der Waals surface area contributed by atoms with Crippen LogP contribution in [0.15, 0.2) is 60.7 Å². The minimum Gasteiger partial charge on any atom is -0.497 e. The third-order valence-electron chi connectivity index (χ3n) is 3.71. The molecular formula is C20H19N3O4. The molecule has 7 heteroatoms. The Morgan fingerprint density at radius 2 is 1.89 bits per heavy atom. The van der Waals surface area contributed by atoms with Gasteiger partial charge in [-0.2, -0.15) is 4.98 Å². The molecule has 3 rings (SSSR count). The summed E-state index contributed by atoms with van der Waals surface area (Å²) in [5, 5.41) is 12.0. The molecule has 0 unspecified atom stereocenters. The number of ether oxygens (including phenoxy) is 2. The molecule has 0 spiro atoms. The van der Waals surface area contributed by atoms with E-state index in [4.69, 9.17) is 14.6 Å². The van der Waals surface area contributed by atoms with Gasteiger partial charge in [0.25, 0.3) is 0 Å². The van der Waals surface area contributed by atoms with Gasteiger partial charge in [0.15, 0.2) is 6.61 Å². The SMILES string of the molecule is COc1cccc(-c2cc(OCC(=O)O)nc(NCc3ccccc3)n2)c1. The van der Waals surface area contributed by atoms with Gasteiger partial charge in [-0.3, -0.25) is 0 Å². The normalized spacial score (nSPS) is 10.3. The van der Waals surface area contributed by atoms with Crippen molar-refractivity contribution in [3.8, 4) is 22.9 Å². The van der Waals surface area contributed by atoms with Crippen molar-refractivity contribution in [2.45, 2.75) is 6.54 Å². The first-order chi connectivity index (χ1) is 13.1. The number of aromatic nitrogens is 2. The van der Waals surface area contributed by atoms with Gasteiger partial charge in [0.1, 0.15) is 5.75 Å². The van der Waals surface area contributed by atoms with Gasteiger partial charge in [-0.05, 0) is 17.7 Å². The van der Waals surface area contributed by atoms with Crippen LogP contribution in [0.5, 0.6) is 11.6 Å². The number of nitrogens with one attached hydrogen (secondary N) is 1. The predicted octanol–water partition coefficient (Wildman–Crippen LogP) is 3.23. The number of carbonyl (C=O) groups is 1. The molecule has 0 saturated carbocycles. The second-order valence-corrected chi connectivity index (χ2v) is 5.67. The fourth-order valence-corrected chi connectivity index (χ4v) is 2.42. The molecule has 1 aromatic heterocycles. The summed E-state index contributed by atoms with van der Waals surface area (Å²) in [4.78, 5) is 19.6. The summed E-state index contributed by atoms with van der Waals surface area (Å²) in [5.74, 6) is 0.147. The molecule has 0 bridgehead atoms. The Morgan fingerprint density at radius 3 is 2.63 bits per heavy atom. The zero-order chi connectivity index (χ0) is 19.1. The van der Waals surface area contributed by atoms with Crippen LogP contribution < -0.4 is 14.8 Å². The maximum atomic E-state index is 10.8. The van der Waals surface area contributed by atoms with E-state index in [9.17, 15) is 4.79 Å². The van der Waals surface area contributed by atoms with Crippen molar-refractivity contribution in [2.24, 2.45) is 0 Å². The number of anilines is 1. The number of hydrogen-bond donors (Lipinski definition) is 2. The smallest absolute Gasteiger partial charge is 0.341 e. The molecule has 27 heavy (non-hydrogen) atoms. The first-order valence-corrected chi connectivity index (χ1v) is 8.30. The molecule has 0 atom stereocenters. The van der Waals surface area contributed by atoms with Gasteiger partial charge >= 0.3 is 5.97 Å². The largest absolute Gasteiger partial charge is 0.497 e. The Bertz CT molecular complexity index is 916.